The van der Waals surface area contributed by atoms with Crippen molar-refractivity contribution in [2.24, 2.45) is 11.1 Å². The highest BCUT2D eigenvalue weighted by Gasteiger charge is 2.27. The Balaban J connectivity index is 1.80. The van der Waals surface area contributed by atoms with Gasteiger partial charge in [0.2, 0.25) is 0 Å². The minimum Gasteiger partial charge on any atom is -0.508 e. The molecule has 0 saturated carbocycles. The van der Waals surface area contributed by atoms with Crippen LogP contribution in [0.1, 0.15) is 68.9 Å². The lowest BCUT2D eigenvalue weighted by atomic mass is 9.86. The third-order valence-corrected chi connectivity index (χ3v) is 5.68. The molecule has 0 aromatic heterocycles. The largest absolute Gasteiger partial charge is 0.508 e. The van der Waals surface area contributed by atoms with E-state index in [0.717, 1.165) is 12.0 Å². The first-order valence-electron chi connectivity index (χ1n) is 12.1. The monoisotopic (exact) mass is 517 g/mol. The molecule has 1 unspecified atom stereocenters. The molecular formula is C27H36FN3O6. The van der Waals surface area contributed by atoms with E-state index in [2.05, 4.69) is 10.6 Å². The van der Waals surface area contributed by atoms with Crippen LogP contribution in [-0.2, 0) is 9.53 Å². The van der Waals surface area contributed by atoms with E-state index < -0.39 is 18.0 Å². The summed E-state index contributed by atoms with van der Waals surface area (Å²) in [5.41, 5.74) is 5.77. The minimum atomic E-state index is -0.805. The van der Waals surface area contributed by atoms with E-state index in [1.54, 1.807) is 19.1 Å². The van der Waals surface area contributed by atoms with Gasteiger partial charge in [-0.1, -0.05) is 32.9 Å². The number of phenolic OH excluding ortho intramolecular Hbond substituents is 1. The Morgan fingerprint density at radius 1 is 1.08 bits per heavy atom. The van der Waals surface area contributed by atoms with Gasteiger partial charge in [-0.15, -0.1) is 0 Å². The van der Waals surface area contributed by atoms with Crippen molar-refractivity contribution in [2.75, 3.05) is 13.2 Å². The fourth-order valence-corrected chi connectivity index (χ4v) is 3.60. The zero-order valence-electron chi connectivity index (χ0n) is 21.7. The lowest BCUT2D eigenvalue weighted by Crippen LogP contribution is -2.34. The van der Waals surface area contributed by atoms with E-state index in [1.807, 2.05) is 20.8 Å². The lowest BCUT2D eigenvalue weighted by molar-refractivity contribution is -0.123. The number of phenols is 1. The number of halogens is 1. The first-order chi connectivity index (χ1) is 17.3. The number of benzene rings is 2. The fourth-order valence-electron chi connectivity index (χ4n) is 3.60. The van der Waals surface area contributed by atoms with Crippen molar-refractivity contribution in [3.05, 3.63) is 59.4 Å². The Labute approximate surface area is 216 Å². The first-order valence-corrected chi connectivity index (χ1v) is 12.1. The molecule has 2 rings (SSSR count). The second kappa shape index (κ2) is 13.5. The number of ether oxygens (including phenoxy) is 2. The number of primary amides is 1. The predicted octanol–water partition coefficient (Wildman–Crippen LogP) is 4.20. The average Bonchev–Trinajstić information content (AvgIpc) is 2.81. The van der Waals surface area contributed by atoms with Crippen molar-refractivity contribution in [1.29, 1.82) is 0 Å². The standard InChI is InChI=1S/C27H36FN3O6/c1-17(18-8-10-20(28)11-9-18)31-25(34)19-13-21(32)15-22(14-19)36-16-24(33)30-12-6-5-7-23(27(2,3)4)37-26(29)35/h8-11,13-15,17,23,32H,5-7,12,16H2,1-4H3,(H2,29,35)(H,30,33)(H,31,34)/t17-,23?/m1/s1. The van der Waals surface area contributed by atoms with Crippen LogP contribution in [0, 0.1) is 11.2 Å². The van der Waals surface area contributed by atoms with Gasteiger partial charge in [-0.3, -0.25) is 9.59 Å². The van der Waals surface area contributed by atoms with E-state index in [9.17, 15) is 23.9 Å². The number of rotatable bonds is 12. The highest BCUT2D eigenvalue weighted by molar-refractivity contribution is 5.95. The van der Waals surface area contributed by atoms with E-state index in [4.69, 9.17) is 15.2 Å². The molecule has 0 aliphatic rings. The van der Waals surface area contributed by atoms with Crippen LogP contribution in [0.5, 0.6) is 11.5 Å². The number of amides is 3. The Kier molecular flexibility index (Phi) is 10.7. The van der Waals surface area contributed by atoms with Crippen LogP contribution in [0.4, 0.5) is 9.18 Å². The van der Waals surface area contributed by atoms with Gasteiger partial charge in [0.15, 0.2) is 6.61 Å². The smallest absolute Gasteiger partial charge is 0.404 e. The molecule has 0 saturated heterocycles. The third-order valence-electron chi connectivity index (χ3n) is 5.68. The van der Waals surface area contributed by atoms with Crippen LogP contribution in [0.3, 0.4) is 0 Å². The van der Waals surface area contributed by atoms with Gasteiger partial charge in [0.1, 0.15) is 23.4 Å². The molecule has 0 heterocycles. The van der Waals surface area contributed by atoms with Crippen LogP contribution >= 0.6 is 0 Å². The summed E-state index contributed by atoms with van der Waals surface area (Å²) in [5, 5.41) is 15.5. The van der Waals surface area contributed by atoms with Crippen molar-refractivity contribution in [3.63, 3.8) is 0 Å². The van der Waals surface area contributed by atoms with Gasteiger partial charge in [0.25, 0.3) is 11.8 Å². The van der Waals surface area contributed by atoms with Crippen LogP contribution in [0.15, 0.2) is 42.5 Å². The number of carbonyl (C=O) groups excluding carboxylic acids is 3. The van der Waals surface area contributed by atoms with Gasteiger partial charge in [-0.2, -0.15) is 0 Å². The molecule has 0 aliphatic heterocycles. The van der Waals surface area contributed by atoms with Gasteiger partial charge in [0, 0.05) is 18.2 Å². The minimum absolute atomic E-state index is 0.149. The SMILES string of the molecule is C[C@@H](NC(=O)c1cc(O)cc(OCC(=O)NCCCCC(OC(N)=O)C(C)(C)C)c1)c1ccc(F)cc1. The number of carbonyl (C=O) groups is 3. The summed E-state index contributed by atoms with van der Waals surface area (Å²) >= 11 is 0. The molecular weight excluding hydrogens is 481 g/mol. The van der Waals surface area contributed by atoms with Crippen molar-refractivity contribution in [1.82, 2.24) is 10.6 Å². The molecule has 202 valence electrons. The Morgan fingerprint density at radius 3 is 2.38 bits per heavy atom. The van der Waals surface area contributed by atoms with E-state index in [1.165, 1.54) is 30.3 Å². The van der Waals surface area contributed by atoms with Gasteiger partial charge in [0.05, 0.1) is 6.04 Å². The zero-order chi connectivity index (χ0) is 27.6. The van der Waals surface area contributed by atoms with Crippen molar-refractivity contribution >= 4 is 17.9 Å². The predicted molar refractivity (Wildman–Crippen MR) is 137 cm³/mol. The van der Waals surface area contributed by atoms with E-state index in [-0.39, 0.29) is 46.9 Å². The lowest BCUT2D eigenvalue weighted by Gasteiger charge is -2.29. The summed E-state index contributed by atoms with van der Waals surface area (Å²) in [6.07, 6.45) is 0.883. The fraction of sp³-hybridized carbons (Fsp3) is 0.444. The molecule has 0 fully saturated rings. The number of hydrogen-bond donors (Lipinski definition) is 4. The Hall–Kier alpha value is -3.82. The molecule has 2 aromatic rings. The van der Waals surface area contributed by atoms with Crippen molar-refractivity contribution in [2.45, 2.75) is 59.1 Å². The third kappa shape index (κ3) is 10.4. The summed E-state index contributed by atoms with van der Waals surface area (Å²) in [6.45, 7) is 7.74. The molecule has 0 spiro atoms. The quantitative estimate of drug-likeness (QED) is 0.311. The van der Waals surface area contributed by atoms with E-state index >= 15 is 0 Å². The second-order valence-electron chi connectivity index (χ2n) is 9.89. The topological polar surface area (TPSA) is 140 Å². The van der Waals surface area contributed by atoms with Gasteiger partial charge in [-0.05, 0) is 61.4 Å². The van der Waals surface area contributed by atoms with E-state index in [0.29, 0.717) is 19.4 Å². The second-order valence-corrected chi connectivity index (χ2v) is 9.89. The summed E-state index contributed by atoms with van der Waals surface area (Å²) < 4.78 is 23.8. The zero-order valence-corrected chi connectivity index (χ0v) is 21.7. The molecule has 0 radical (unpaired) electrons. The molecule has 0 bridgehead atoms. The molecule has 5 N–H and O–H groups in total. The summed E-state index contributed by atoms with van der Waals surface area (Å²) in [6, 6.07) is 9.39. The number of nitrogens with one attached hydrogen (secondary N) is 2. The number of hydrogen-bond acceptors (Lipinski definition) is 6. The summed E-state index contributed by atoms with van der Waals surface area (Å²) in [7, 11) is 0. The molecule has 2 aromatic carbocycles. The maximum atomic E-state index is 13.1. The Bertz CT molecular complexity index is 1070. The molecule has 3 amide bonds. The molecule has 2 atom stereocenters. The molecule has 10 heteroatoms. The molecule has 0 aliphatic carbocycles. The molecule has 9 nitrogen and oxygen atoms in total. The average molecular weight is 518 g/mol. The number of unbranched alkanes of at least 4 members (excludes halogenated alkanes) is 1. The van der Waals surface area contributed by atoms with Crippen LogP contribution < -0.4 is 21.1 Å². The molecule has 37 heavy (non-hydrogen) atoms. The van der Waals surface area contributed by atoms with Crippen molar-refractivity contribution in [3.8, 4) is 11.5 Å². The summed E-state index contributed by atoms with van der Waals surface area (Å²) in [5.74, 6) is -1.23. The van der Waals surface area contributed by atoms with Crippen LogP contribution in [0.25, 0.3) is 0 Å². The van der Waals surface area contributed by atoms with Crippen LogP contribution in [-0.4, -0.2) is 42.3 Å². The normalized spacial score (nSPS) is 12.8. The van der Waals surface area contributed by atoms with Crippen LogP contribution in [0.2, 0.25) is 0 Å². The van der Waals surface area contributed by atoms with Gasteiger partial charge < -0.3 is 30.9 Å². The first kappa shape index (κ1) is 29.4. The van der Waals surface area contributed by atoms with Gasteiger partial charge in [-0.25, -0.2) is 9.18 Å². The maximum Gasteiger partial charge on any atom is 0.404 e. The highest BCUT2D eigenvalue weighted by Crippen LogP contribution is 2.26. The van der Waals surface area contributed by atoms with Gasteiger partial charge >= 0.3 is 6.09 Å². The maximum absolute atomic E-state index is 13.1. The Morgan fingerprint density at radius 2 is 1.76 bits per heavy atom. The van der Waals surface area contributed by atoms with Crippen molar-refractivity contribution < 1.29 is 33.4 Å². The summed E-state index contributed by atoms with van der Waals surface area (Å²) in [4.78, 5) is 35.9. The number of aromatic hydroxyl groups is 1. The highest BCUT2D eigenvalue weighted by atomic mass is 19.1. The number of nitrogens with two attached hydrogens (primary N) is 1.